The van der Waals surface area contributed by atoms with Gasteiger partial charge in [-0.3, -0.25) is 9.69 Å². The van der Waals surface area contributed by atoms with E-state index in [0.29, 0.717) is 11.6 Å². The Morgan fingerprint density at radius 1 is 1.10 bits per heavy atom. The van der Waals surface area contributed by atoms with Gasteiger partial charge in [0.1, 0.15) is 0 Å². The predicted octanol–water partition coefficient (Wildman–Crippen LogP) is 2.78. The van der Waals surface area contributed by atoms with Crippen LogP contribution in [-0.2, 0) is 6.42 Å². The zero-order valence-corrected chi connectivity index (χ0v) is 12.0. The first-order valence-corrected chi connectivity index (χ1v) is 7.42. The summed E-state index contributed by atoms with van der Waals surface area (Å²) in [5.74, 6) is -0.364. The van der Waals surface area contributed by atoms with E-state index >= 15 is 0 Å². The largest absolute Gasteiger partial charge is 0.366 e. The van der Waals surface area contributed by atoms with Crippen LogP contribution in [0.25, 0.3) is 0 Å². The third-order valence-corrected chi connectivity index (χ3v) is 4.05. The molecule has 2 N–H and O–H groups in total. The number of nitrogens with zero attached hydrogens (tertiary/aromatic N) is 1. The quantitative estimate of drug-likeness (QED) is 0.827. The standard InChI is InChI=1S/C18H20N2O/c19-18(21)16-10-8-14(9-11-16)5-4-12-20-13-17(20)15-6-2-1-3-7-15/h1-3,6-11,17H,4-5,12-13H2,(H2,19,21)/t17-,20?/m0/s1. The first kappa shape index (κ1) is 13.8. The SMILES string of the molecule is NC(=O)c1ccc(CCCN2C[C@H]2c2ccccc2)cc1. The highest BCUT2D eigenvalue weighted by Crippen LogP contribution is 2.34. The van der Waals surface area contributed by atoms with Crippen LogP contribution in [0.4, 0.5) is 0 Å². The maximum Gasteiger partial charge on any atom is 0.248 e. The number of aryl methyl sites for hydroxylation is 1. The second-order valence-electron chi connectivity index (χ2n) is 5.59. The van der Waals surface area contributed by atoms with Gasteiger partial charge in [0.15, 0.2) is 0 Å². The molecule has 2 aromatic rings. The lowest BCUT2D eigenvalue weighted by Crippen LogP contribution is -2.10. The van der Waals surface area contributed by atoms with Crippen LogP contribution in [0.3, 0.4) is 0 Å². The average molecular weight is 280 g/mol. The minimum Gasteiger partial charge on any atom is -0.366 e. The maximum atomic E-state index is 11.0. The van der Waals surface area contributed by atoms with E-state index in [1.54, 1.807) is 0 Å². The molecule has 1 fully saturated rings. The van der Waals surface area contributed by atoms with Crippen molar-refractivity contribution in [3.05, 3.63) is 71.3 Å². The van der Waals surface area contributed by atoms with Crippen molar-refractivity contribution in [2.45, 2.75) is 18.9 Å². The monoisotopic (exact) mass is 280 g/mol. The van der Waals surface area contributed by atoms with Gasteiger partial charge in [0.2, 0.25) is 5.91 Å². The van der Waals surface area contributed by atoms with Crippen LogP contribution in [0.15, 0.2) is 54.6 Å². The minimum absolute atomic E-state index is 0.364. The Kier molecular flexibility index (Phi) is 4.02. The van der Waals surface area contributed by atoms with Gasteiger partial charge in [-0.1, -0.05) is 42.5 Å². The first-order chi connectivity index (χ1) is 10.2. The summed E-state index contributed by atoms with van der Waals surface area (Å²) in [5.41, 5.74) is 8.50. The minimum atomic E-state index is -0.364. The van der Waals surface area contributed by atoms with Crippen molar-refractivity contribution < 1.29 is 4.79 Å². The number of primary amides is 1. The molecule has 1 aliphatic rings. The lowest BCUT2D eigenvalue weighted by molar-refractivity contribution is 0.100. The Morgan fingerprint density at radius 2 is 1.81 bits per heavy atom. The van der Waals surface area contributed by atoms with E-state index < -0.39 is 0 Å². The number of carbonyl (C=O) groups is 1. The molecule has 2 aromatic carbocycles. The summed E-state index contributed by atoms with van der Waals surface area (Å²) in [6, 6.07) is 18.9. The molecule has 3 nitrogen and oxygen atoms in total. The highest BCUT2D eigenvalue weighted by molar-refractivity contribution is 5.92. The summed E-state index contributed by atoms with van der Waals surface area (Å²) in [4.78, 5) is 13.5. The van der Waals surface area contributed by atoms with Gasteiger partial charge >= 0.3 is 0 Å². The summed E-state index contributed by atoms with van der Waals surface area (Å²) >= 11 is 0. The number of rotatable bonds is 6. The van der Waals surface area contributed by atoms with Crippen molar-refractivity contribution in [3.8, 4) is 0 Å². The van der Waals surface area contributed by atoms with Crippen LogP contribution in [-0.4, -0.2) is 23.9 Å². The van der Waals surface area contributed by atoms with E-state index in [2.05, 4.69) is 35.2 Å². The number of nitrogens with two attached hydrogens (primary N) is 1. The lowest BCUT2D eigenvalue weighted by Gasteiger charge is -2.05. The molecule has 0 aromatic heterocycles. The molecule has 2 atom stereocenters. The fourth-order valence-corrected chi connectivity index (χ4v) is 2.74. The summed E-state index contributed by atoms with van der Waals surface area (Å²) in [5, 5.41) is 0. The van der Waals surface area contributed by atoms with Gasteiger partial charge in [0.25, 0.3) is 0 Å². The lowest BCUT2D eigenvalue weighted by atomic mass is 10.1. The molecule has 0 spiro atoms. The Balaban J connectivity index is 1.44. The van der Waals surface area contributed by atoms with Gasteiger partial charge in [-0.25, -0.2) is 0 Å². The number of carbonyl (C=O) groups excluding carboxylic acids is 1. The van der Waals surface area contributed by atoms with E-state index in [1.165, 1.54) is 17.7 Å². The van der Waals surface area contributed by atoms with Gasteiger partial charge in [-0.15, -0.1) is 0 Å². The fourth-order valence-electron chi connectivity index (χ4n) is 2.74. The topological polar surface area (TPSA) is 46.1 Å². The molecule has 3 rings (SSSR count). The Labute approximate surface area is 125 Å². The molecule has 1 heterocycles. The van der Waals surface area contributed by atoms with Crippen LogP contribution in [0.1, 0.15) is 33.9 Å². The summed E-state index contributed by atoms with van der Waals surface area (Å²) in [7, 11) is 0. The predicted molar refractivity (Wildman–Crippen MR) is 84.0 cm³/mol. The molecule has 1 unspecified atom stereocenters. The second-order valence-corrected chi connectivity index (χ2v) is 5.59. The normalized spacial score (nSPS) is 20.2. The zero-order valence-electron chi connectivity index (χ0n) is 12.0. The van der Waals surface area contributed by atoms with Crippen LogP contribution in [0.2, 0.25) is 0 Å². The number of hydrogen-bond acceptors (Lipinski definition) is 2. The summed E-state index contributed by atoms with van der Waals surface area (Å²) < 4.78 is 0. The molecule has 21 heavy (non-hydrogen) atoms. The molecule has 3 heteroatoms. The maximum absolute atomic E-state index is 11.0. The summed E-state index contributed by atoms with van der Waals surface area (Å²) in [6.45, 7) is 2.29. The Hall–Kier alpha value is -2.13. The van der Waals surface area contributed by atoms with Crippen molar-refractivity contribution >= 4 is 5.91 Å². The Morgan fingerprint density at radius 3 is 2.48 bits per heavy atom. The number of amides is 1. The molecule has 1 saturated heterocycles. The van der Waals surface area contributed by atoms with Gasteiger partial charge < -0.3 is 5.73 Å². The molecule has 108 valence electrons. The molecular weight excluding hydrogens is 260 g/mol. The van der Waals surface area contributed by atoms with Crippen LogP contribution < -0.4 is 5.73 Å². The third-order valence-electron chi connectivity index (χ3n) is 4.05. The summed E-state index contributed by atoms with van der Waals surface area (Å²) in [6.07, 6.45) is 2.18. The van der Waals surface area contributed by atoms with Crippen molar-refractivity contribution in [1.82, 2.24) is 4.90 Å². The number of benzene rings is 2. The number of hydrogen-bond donors (Lipinski definition) is 1. The van der Waals surface area contributed by atoms with Crippen molar-refractivity contribution in [1.29, 1.82) is 0 Å². The molecule has 0 aliphatic carbocycles. The third kappa shape index (κ3) is 3.50. The zero-order chi connectivity index (χ0) is 14.7. The molecular formula is C18H20N2O. The first-order valence-electron chi connectivity index (χ1n) is 7.42. The van der Waals surface area contributed by atoms with E-state index in [-0.39, 0.29) is 5.91 Å². The van der Waals surface area contributed by atoms with Crippen molar-refractivity contribution in [2.75, 3.05) is 13.1 Å². The molecule has 0 saturated carbocycles. The van der Waals surface area contributed by atoms with E-state index in [1.807, 2.05) is 24.3 Å². The van der Waals surface area contributed by atoms with Gasteiger partial charge in [-0.05, 0) is 42.6 Å². The van der Waals surface area contributed by atoms with Gasteiger partial charge in [0, 0.05) is 18.2 Å². The fraction of sp³-hybridized carbons (Fsp3) is 0.278. The Bertz CT molecular complexity index is 607. The smallest absolute Gasteiger partial charge is 0.248 e. The molecule has 0 bridgehead atoms. The van der Waals surface area contributed by atoms with Crippen LogP contribution in [0.5, 0.6) is 0 Å². The van der Waals surface area contributed by atoms with Crippen LogP contribution in [0, 0.1) is 0 Å². The van der Waals surface area contributed by atoms with E-state index in [0.717, 1.165) is 19.4 Å². The molecule has 0 radical (unpaired) electrons. The molecule has 1 aliphatic heterocycles. The van der Waals surface area contributed by atoms with Gasteiger partial charge in [0.05, 0.1) is 0 Å². The van der Waals surface area contributed by atoms with E-state index in [4.69, 9.17) is 5.73 Å². The second kappa shape index (κ2) is 6.10. The van der Waals surface area contributed by atoms with Gasteiger partial charge in [-0.2, -0.15) is 0 Å². The van der Waals surface area contributed by atoms with Crippen molar-refractivity contribution in [3.63, 3.8) is 0 Å². The highest BCUT2D eigenvalue weighted by atomic mass is 16.1. The van der Waals surface area contributed by atoms with Crippen LogP contribution >= 0.6 is 0 Å². The van der Waals surface area contributed by atoms with Crippen molar-refractivity contribution in [2.24, 2.45) is 5.73 Å². The average Bonchev–Trinajstić information content (AvgIpc) is 3.28. The van der Waals surface area contributed by atoms with E-state index in [9.17, 15) is 4.79 Å². The molecule has 1 amide bonds. The highest BCUT2D eigenvalue weighted by Gasteiger charge is 2.33.